The van der Waals surface area contributed by atoms with Gasteiger partial charge in [0, 0.05) is 22.9 Å². The average molecular weight is 332 g/mol. The van der Waals surface area contributed by atoms with E-state index in [2.05, 4.69) is 20.3 Å². The molecular weight excluding hydrogens is 318 g/mol. The largest absolute Gasteiger partial charge is 0.491 e. The first-order valence-corrected chi connectivity index (χ1v) is 7.31. The molecule has 8 heteroatoms. The first-order chi connectivity index (χ1) is 11.1. The Kier molecular flexibility index (Phi) is 4.38. The number of halogens is 1. The zero-order chi connectivity index (χ0) is 16.2. The fourth-order valence-corrected chi connectivity index (χ4v) is 2.13. The van der Waals surface area contributed by atoms with E-state index in [9.17, 15) is 0 Å². The summed E-state index contributed by atoms with van der Waals surface area (Å²) in [6.07, 6.45) is 6.20. The van der Waals surface area contributed by atoms with Crippen molar-refractivity contribution >= 4 is 23.9 Å². The van der Waals surface area contributed by atoms with E-state index >= 15 is 0 Å². The molecule has 0 saturated carbocycles. The second kappa shape index (κ2) is 6.62. The molecule has 0 radical (unpaired) electrons. The van der Waals surface area contributed by atoms with Gasteiger partial charge in [-0.15, -0.1) is 15.3 Å². The Bertz CT molecular complexity index is 811. The predicted molar refractivity (Wildman–Crippen MR) is 85.8 cm³/mol. The van der Waals surface area contributed by atoms with Gasteiger partial charge in [0.05, 0.1) is 6.10 Å². The van der Waals surface area contributed by atoms with Crippen LogP contribution in [0.1, 0.15) is 19.7 Å². The monoisotopic (exact) mass is 331 g/mol. The zero-order valence-corrected chi connectivity index (χ0v) is 13.3. The second-order valence-electron chi connectivity index (χ2n) is 4.98. The third-order valence-electron chi connectivity index (χ3n) is 2.76. The quantitative estimate of drug-likeness (QED) is 0.713. The van der Waals surface area contributed by atoms with Crippen LogP contribution in [0.25, 0.3) is 23.7 Å². The van der Waals surface area contributed by atoms with Gasteiger partial charge in [-0.2, -0.15) is 0 Å². The van der Waals surface area contributed by atoms with Crippen LogP contribution in [0.2, 0.25) is 5.02 Å². The van der Waals surface area contributed by atoms with E-state index in [0.717, 1.165) is 5.56 Å². The van der Waals surface area contributed by atoms with Gasteiger partial charge in [0.1, 0.15) is 12.1 Å². The number of ether oxygens (including phenoxy) is 1. The van der Waals surface area contributed by atoms with Crippen molar-refractivity contribution in [2.24, 2.45) is 0 Å². The zero-order valence-electron chi connectivity index (χ0n) is 12.5. The van der Waals surface area contributed by atoms with Crippen LogP contribution in [0.4, 0.5) is 0 Å². The lowest BCUT2D eigenvalue weighted by molar-refractivity contribution is 0.242. The molecule has 2 aromatic heterocycles. The molecule has 0 bridgehead atoms. The van der Waals surface area contributed by atoms with Gasteiger partial charge in [-0.25, -0.2) is 9.67 Å². The fourth-order valence-electron chi connectivity index (χ4n) is 1.91. The smallest absolute Gasteiger partial charge is 0.241 e. The highest BCUT2D eigenvalue weighted by Gasteiger charge is 2.08. The van der Waals surface area contributed by atoms with Crippen LogP contribution in [0.3, 0.4) is 0 Å². The van der Waals surface area contributed by atoms with Crippen LogP contribution < -0.4 is 4.74 Å². The molecule has 0 spiro atoms. The van der Waals surface area contributed by atoms with Crippen molar-refractivity contribution in [3.05, 3.63) is 41.8 Å². The highest BCUT2D eigenvalue weighted by Crippen LogP contribution is 2.27. The van der Waals surface area contributed by atoms with Crippen LogP contribution in [-0.2, 0) is 0 Å². The Morgan fingerprint density at radius 3 is 2.91 bits per heavy atom. The molecule has 0 aliphatic rings. The van der Waals surface area contributed by atoms with Gasteiger partial charge in [0.2, 0.25) is 12.3 Å². The molecule has 23 heavy (non-hydrogen) atoms. The lowest BCUT2D eigenvalue weighted by Crippen LogP contribution is -2.05. The minimum absolute atomic E-state index is 0.0594. The van der Waals surface area contributed by atoms with Crippen molar-refractivity contribution in [1.82, 2.24) is 25.0 Å². The molecule has 0 unspecified atom stereocenters. The highest BCUT2D eigenvalue weighted by molar-refractivity contribution is 6.31. The number of nitrogens with zero attached hydrogens (tertiary/aromatic N) is 5. The van der Waals surface area contributed by atoms with Gasteiger partial charge >= 0.3 is 0 Å². The van der Waals surface area contributed by atoms with Crippen molar-refractivity contribution in [3.63, 3.8) is 0 Å². The van der Waals surface area contributed by atoms with Gasteiger partial charge in [-0.3, -0.25) is 0 Å². The van der Waals surface area contributed by atoms with Crippen LogP contribution in [0.5, 0.6) is 5.75 Å². The molecule has 0 atom stereocenters. The summed E-state index contributed by atoms with van der Waals surface area (Å²) in [5.74, 6) is 1.61. The van der Waals surface area contributed by atoms with Gasteiger partial charge < -0.3 is 9.15 Å². The second-order valence-corrected chi connectivity index (χ2v) is 5.42. The normalized spacial score (nSPS) is 11.5. The molecule has 0 saturated heterocycles. The van der Waals surface area contributed by atoms with Crippen molar-refractivity contribution in [2.75, 3.05) is 0 Å². The average Bonchev–Trinajstić information content (AvgIpc) is 3.15. The minimum Gasteiger partial charge on any atom is -0.491 e. The number of aromatic nitrogens is 5. The Morgan fingerprint density at radius 1 is 1.30 bits per heavy atom. The summed E-state index contributed by atoms with van der Waals surface area (Å²) in [4.78, 5) is 4.27. The first kappa shape index (κ1) is 15.2. The van der Waals surface area contributed by atoms with Crippen LogP contribution >= 0.6 is 11.6 Å². The number of benzene rings is 1. The van der Waals surface area contributed by atoms with E-state index in [0.29, 0.717) is 22.5 Å². The Labute approximate surface area is 137 Å². The predicted octanol–water partition coefficient (Wildman–Crippen LogP) is 3.40. The maximum atomic E-state index is 6.13. The molecular formula is C15H14ClN5O2. The van der Waals surface area contributed by atoms with Crippen molar-refractivity contribution < 1.29 is 9.15 Å². The lowest BCUT2D eigenvalue weighted by Gasteiger charge is -2.10. The maximum absolute atomic E-state index is 6.13. The molecule has 7 nitrogen and oxygen atoms in total. The number of hydrogen-bond donors (Lipinski definition) is 0. The van der Waals surface area contributed by atoms with E-state index in [4.69, 9.17) is 20.8 Å². The van der Waals surface area contributed by atoms with Crippen molar-refractivity contribution in [2.45, 2.75) is 20.0 Å². The molecule has 0 N–H and O–H groups in total. The molecule has 3 rings (SSSR count). The molecule has 0 aliphatic carbocycles. The molecule has 0 aliphatic heterocycles. The van der Waals surface area contributed by atoms with Crippen molar-refractivity contribution in [1.29, 1.82) is 0 Å². The summed E-state index contributed by atoms with van der Waals surface area (Å²) >= 11 is 6.13. The van der Waals surface area contributed by atoms with Gasteiger partial charge in [0.25, 0.3) is 0 Å². The number of rotatable bonds is 5. The van der Waals surface area contributed by atoms with E-state index in [-0.39, 0.29) is 6.10 Å². The molecule has 118 valence electrons. The molecule has 3 aromatic rings. The van der Waals surface area contributed by atoms with E-state index in [1.54, 1.807) is 35.4 Å². The lowest BCUT2D eigenvalue weighted by atomic mass is 10.2. The topological polar surface area (TPSA) is 78.9 Å². The summed E-state index contributed by atoms with van der Waals surface area (Å²) < 4.78 is 12.2. The summed E-state index contributed by atoms with van der Waals surface area (Å²) in [6.45, 7) is 3.91. The standard InChI is InChI=1S/C15H14ClN5O2/c1-10(2)23-13-6-11(5-12(16)7-13)15-17-8-21(20-15)4-3-14-19-18-9-22-14/h3-10H,1-2H3. The molecule has 0 fully saturated rings. The SMILES string of the molecule is CC(C)Oc1cc(Cl)cc(-c2ncn(C=Cc3nnco3)n2)c1. The summed E-state index contributed by atoms with van der Waals surface area (Å²) in [6, 6.07) is 5.40. The number of hydrogen-bond acceptors (Lipinski definition) is 6. The van der Waals surface area contributed by atoms with E-state index in [1.807, 2.05) is 19.9 Å². The van der Waals surface area contributed by atoms with Crippen LogP contribution in [0.15, 0.2) is 35.3 Å². The van der Waals surface area contributed by atoms with Crippen LogP contribution in [-0.4, -0.2) is 31.1 Å². The Balaban J connectivity index is 1.83. The van der Waals surface area contributed by atoms with Gasteiger partial charge in [0.15, 0.2) is 5.82 Å². The Morgan fingerprint density at radius 2 is 2.17 bits per heavy atom. The third-order valence-corrected chi connectivity index (χ3v) is 2.97. The maximum Gasteiger partial charge on any atom is 0.241 e. The molecule has 0 amide bonds. The van der Waals surface area contributed by atoms with Gasteiger partial charge in [-0.1, -0.05) is 11.6 Å². The molecule has 2 heterocycles. The summed E-state index contributed by atoms with van der Waals surface area (Å²) in [5, 5.41) is 12.3. The highest BCUT2D eigenvalue weighted by atomic mass is 35.5. The van der Waals surface area contributed by atoms with Gasteiger partial charge in [-0.05, 0) is 32.0 Å². The fraction of sp³-hybridized carbons (Fsp3) is 0.200. The summed E-state index contributed by atoms with van der Waals surface area (Å²) in [5.41, 5.74) is 0.776. The van der Waals surface area contributed by atoms with Crippen LogP contribution in [0, 0.1) is 0 Å². The van der Waals surface area contributed by atoms with E-state index < -0.39 is 0 Å². The Hall–Kier alpha value is -2.67. The third kappa shape index (κ3) is 3.95. The first-order valence-electron chi connectivity index (χ1n) is 6.93. The summed E-state index contributed by atoms with van der Waals surface area (Å²) in [7, 11) is 0. The van der Waals surface area contributed by atoms with Crippen molar-refractivity contribution in [3.8, 4) is 17.1 Å². The molecule has 1 aromatic carbocycles. The minimum atomic E-state index is 0.0594. The van der Waals surface area contributed by atoms with E-state index in [1.165, 1.54) is 6.39 Å².